The Bertz CT molecular complexity index is 717. The number of nitrogens with one attached hydrogen (secondary N) is 1. The van der Waals surface area contributed by atoms with E-state index in [0.717, 1.165) is 32.5 Å². The Balaban J connectivity index is 1.71. The maximum absolute atomic E-state index is 12.1. The van der Waals surface area contributed by atoms with E-state index in [1.165, 1.54) is 0 Å². The number of carbonyl (C=O) groups is 1. The smallest absolute Gasteiger partial charge is 0.265 e. The molecule has 0 aliphatic rings. The second kappa shape index (κ2) is 5.64. The highest BCUT2D eigenvalue weighted by molar-refractivity contribution is 7.18. The molecule has 3 aromatic rings. The van der Waals surface area contributed by atoms with Gasteiger partial charge in [0.15, 0.2) is 0 Å². The molecular formula is C13H12N4OS2. The Morgan fingerprint density at radius 2 is 2.20 bits per heavy atom. The number of thiazole rings is 1. The van der Waals surface area contributed by atoms with E-state index in [4.69, 9.17) is 0 Å². The third-order valence-corrected chi connectivity index (χ3v) is 4.64. The normalized spacial score (nSPS) is 10.8. The maximum Gasteiger partial charge on any atom is 0.265 e. The molecule has 3 rings (SSSR count). The Kier molecular flexibility index (Phi) is 3.70. The van der Waals surface area contributed by atoms with Gasteiger partial charge in [-0.3, -0.25) is 4.79 Å². The Morgan fingerprint density at radius 1 is 1.35 bits per heavy atom. The fraction of sp³-hybridized carbons (Fsp3) is 0.231. The molecule has 0 aliphatic heterocycles. The molecule has 2 aromatic heterocycles. The average Bonchev–Trinajstić information content (AvgIpc) is 3.10. The molecule has 1 amide bonds. The lowest BCUT2D eigenvalue weighted by atomic mass is 10.3. The van der Waals surface area contributed by atoms with Crippen molar-refractivity contribution in [3.8, 4) is 0 Å². The predicted molar refractivity (Wildman–Crippen MR) is 80.1 cm³/mol. The standard InChI is InChI=1S/C13H12N4OS2/c1-2-8-12(20-17-16-8)13(18)14-7-11-15-9-5-3-4-6-10(9)19-11/h3-6H,2,7H2,1H3,(H,14,18). The van der Waals surface area contributed by atoms with Crippen molar-refractivity contribution in [3.05, 3.63) is 39.8 Å². The predicted octanol–water partition coefficient (Wildman–Crippen LogP) is 2.64. The molecule has 0 fully saturated rings. The molecule has 0 unspecified atom stereocenters. The van der Waals surface area contributed by atoms with E-state index >= 15 is 0 Å². The molecule has 1 aromatic carbocycles. The molecule has 0 spiro atoms. The molecule has 0 bridgehead atoms. The second-order valence-corrected chi connectivity index (χ2v) is 6.03. The van der Waals surface area contributed by atoms with E-state index < -0.39 is 0 Å². The first kappa shape index (κ1) is 13.1. The van der Waals surface area contributed by atoms with Crippen molar-refractivity contribution in [2.75, 3.05) is 0 Å². The SMILES string of the molecule is CCc1nnsc1C(=O)NCc1nc2ccccc2s1. The van der Waals surface area contributed by atoms with Crippen LogP contribution in [0.2, 0.25) is 0 Å². The fourth-order valence-electron chi connectivity index (χ4n) is 1.84. The first-order valence-corrected chi connectivity index (χ1v) is 7.80. The van der Waals surface area contributed by atoms with Crippen LogP contribution in [0.25, 0.3) is 10.2 Å². The lowest BCUT2D eigenvalue weighted by molar-refractivity contribution is 0.0954. The number of nitrogens with zero attached hydrogens (tertiary/aromatic N) is 3. The second-order valence-electron chi connectivity index (χ2n) is 4.16. The largest absolute Gasteiger partial charge is 0.345 e. The maximum atomic E-state index is 12.1. The first-order valence-electron chi connectivity index (χ1n) is 6.22. The van der Waals surface area contributed by atoms with Crippen molar-refractivity contribution in [1.29, 1.82) is 0 Å². The quantitative estimate of drug-likeness (QED) is 0.804. The molecule has 0 aliphatic carbocycles. The van der Waals surface area contributed by atoms with Gasteiger partial charge in [-0.1, -0.05) is 23.5 Å². The van der Waals surface area contributed by atoms with Gasteiger partial charge in [0, 0.05) is 0 Å². The highest BCUT2D eigenvalue weighted by Crippen LogP contribution is 2.21. The highest BCUT2D eigenvalue weighted by atomic mass is 32.1. The summed E-state index contributed by atoms with van der Waals surface area (Å²) in [5.41, 5.74) is 1.72. The van der Waals surface area contributed by atoms with Crippen LogP contribution in [0, 0.1) is 0 Å². The summed E-state index contributed by atoms with van der Waals surface area (Å²) in [6.45, 7) is 2.39. The van der Waals surface area contributed by atoms with Crippen LogP contribution < -0.4 is 5.32 Å². The van der Waals surface area contributed by atoms with Gasteiger partial charge in [-0.05, 0) is 30.1 Å². The number of carbonyl (C=O) groups excluding carboxylic acids is 1. The molecule has 2 heterocycles. The average molecular weight is 304 g/mol. The van der Waals surface area contributed by atoms with Crippen LogP contribution in [-0.4, -0.2) is 20.5 Å². The molecule has 1 N–H and O–H groups in total. The summed E-state index contributed by atoms with van der Waals surface area (Å²) < 4.78 is 4.95. The minimum atomic E-state index is -0.129. The highest BCUT2D eigenvalue weighted by Gasteiger charge is 2.15. The van der Waals surface area contributed by atoms with E-state index in [2.05, 4.69) is 19.9 Å². The van der Waals surface area contributed by atoms with Crippen LogP contribution >= 0.6 is 22.9 Å². The third-order valence-electron chi connectivity index (χ3n) is 2.84. The summed E-state index contributed by atoms with van der Waals surface area (Å²) in [5, 5.41) is 7.71. The number of aromatic nitrogens is 3. The Morgan fingerprint density at radius 3 is 3.00 bits per heavy atom. The lowest BCUT2D eigenvalue weighted by Crippen LogP contribution is -2.22. The van der Waals surface area contributed by atoms with Crippen molar-refractivity contribution in [2.45, 2.75) is 19.9 Å². The zero-order chi connectivity index (χ0) is 13.9. The third kappa shape index (κ3) is 2.54. The number of para-hydroxylation sites is 1. The Labute approximate surface area is 123 Å². The molecule has 0 radical (unpaired) electrons. The minimum absolute atomic E-state index is 0.129. The topological polar surface area (TPSA) is 67.8 Å². The van der Waals surface area contributed by atoms with Gasteiger partial charge in [0.1, 0.15) is 9.88 Å². The summed E-state index contributed by atoms with van der Waals surface area (Å²) in [7, 11) is 0. The van der Waals surface area contributed by atoms with Crippen molar-refractivity contribution in [2.24, 2.45) is 0 Å². The van der Waals surface area contributed by atoms with E-state index in [9.17, 15) is 4.79 Å². The van der Waals surface area contributed by atoms with E-state index in [1.54, 1.807) is 11.3 Å². The molecule has 0 saturated carbocycles. The molecular weight excluding hydrogens is 292 g/mol. The van der Waals surface area contributed by atoms with Gasteiger partial charge in [-0.25, -0.2) is 4.98 Å². The molecule has 0 saturated heterocycles. The van der Waals surface area contributed by atoms with E-state index in [-0.39, 0.29) is 5.91 Å². The monoisotopic (exact) mass is 304 g/mol. The van der Waals surface area contributed by atoms with Crippen molar-refractivity contribution in [1.82, 2.24) is 19.9 Å². The minimum Gasteiger partial charge on any atom is -0.345 e. The van der Waals surface area contributed by atoms with Crippen LogP contribution in [-0.2, 0) is 13.0 Å². The van der Waals surface area contributed by atoms with Crippen molar-refractivity contribution in [3.63, 3.8) is 0 Å². The van der Waals surface area contributed by atoms with Gasteiger partial charge >= 0.3 is 0 Å². The number of amides is 1. The molecule has 20 heavy (non-hydrogen) atoms. The van der Waals surface area contributed by atoms with Crippen LogP contribution in [0.3, 0.4) is 0 Å². The van der Waals surface area contributed by atoms with Gasteiger partial charge in [0.05, 0.1) is 22.5 Å². The van der Waals surface area contributed by atoms with Crippen molar-refractivity contribution < 1.29 is 4.79 Å². The zero-order valence-electron chi connectivity index (χ0n) is 10.8. The van der Waals surface area contributed by atoms with Gasteiger partial charge in [-0.15, -0.1) is 16.4 Å². The van der Waals surface area contributed by atoms with Crippen LogP contribution in [0.15, 0.2) is 24.3 Å². The van der Waals surface area contributed by atoms with Crippen molar-refractivity contribution >= 4 is 39.0 Å². The summed E-state index contributed by atoms with van der Waals surface area (Å²) in [6, 6.07) is 7.94. The van der Waals surface area contributed by atoms with Crippen LogP contribution in [0.1, 0.15) is 27.3 Å². The molecule has 102 valence electrons. The first-order chi connectivity index (χ1) is 9.78. The van der Waals surface area contributed by atoms with Gasteiger partial charge in [-0.2, -0.15) is 0 Å². The molecule has 5 nitrogen and oxygen atoms in total. The van der Waals surface area contributed by atoms with Gasteiger partial charge in [0.2, 0.25) is 0 Å². The number of benzene rings is 1. The Hall–Kier alpha value is -1.86. The van der Waals surface area contributed by atoms with Gasteiger partial charge < -0.3 is 5.32 Å². The van der Waals surface area contributed by atoms with E-state index in [1.807, 2.05) is 31.2 Å². The fourth-order valence-corrected chi connectivity index (χ4v) is 3.42. The van der Waals surface area contributed by atoms with E-state index in [0.29, 0.717) is 17.8 Å². The molecule has 7 heteroatoms. The number of fused-ring (bicyclic) bond motifs is 1. The van der Waals surface area contributed by atoms with Crippen LogP contribution in [0.5, 0.6) is 0 Å². The summed E-state index contributed by atoms with van der Waals surface area (Å²) >= 11 is 2.73. The lowest BCUT2D eigenvalue weighted by Gasteiger charge is -2.00. The number of rotatable bonds is 4. The van der Waals surface area contributed by atoms with Gasteiger partial charge in [0.25, 0.3) is 5.91 Å². The molecule has 0 atom stereocenters. The van der Waals surface area contributed by atoms with Crippen LogP contribution in [0.4, 0.5) is 0 Å². The number of hydrogen-bond donors (Lipinski definition) is 1. The summed E-state index contributed by atoms with van der Waals surface area (Å²) in [6.07, 6.45) is 0.709. The summed E-state index contributed by atoms with van der Waals surface area (Å²) in [5.74, 6) is -0.129. The number of hydrogen-bond acceptors (Lipinski definition) is 6. The number of aryl methyl sites for hydroxylation is 1. The zero-order valence-corrected chi connectivity index (χ0v) is 12.4. The summed E-state index contributed by atoms with van der Waals surface area (Å²) in [4.78, 5) is 17.1.